The van der Waals surface area contributed by atoms with Gasteiger partial charge in [-0.3, -0.25) is 9.00 Å². The van der Waals surface area contributed by atoms with E-state index >= 15 is 0 Å². The summed E-state index contributed by atoms with van der Waals surface area (Å²) in [5.74, 6) is 0.0527. The number of hydrogen-bond donors (Lipinski definition) is 2. The Bertz CT molecular complexity index is 587. The smallest absolute Gasteiger partial charge is 0.328 e. The van der Waals surface area contributed by atoms with Crippen LogP contribution in [0.4, 0.5) is 0 Å². The van der Waals surface area contributed by atoms with Gasteiger partial charge in [0.25, 0.3) is 5.91 Å². The topological polar surface area (TPSA) is 83.5 Å². The molecule has 2 rings (SSSR count). The maximum absolute atomic E-state index is 12.2. The number of benzene rings is 1. The second-order valence-corrected chi connectivity index (χ2v) is 6.59. The molecule has 0 aliphatic carbocycles. The number of amides is 1. The van der Waals surface area contributed by atoms with Crippen molar-refractivity contribution < 1.29 is 18.9 Å². The van der Waals surface area contributed by atoms with Gasteiger partial charge >= 0.3 is 5.97 Å². The van der Waals surface area contributed by atoms with Gasteiger partial charge in [0, 0.05) is 40.0 Å². The summed E-state index contributed by atoms with van der Waals surface area (Å²) in [5.41, 5.74) is 1.16. The fourth-order valence-electron chi connectivity index (χ4n) is 2.16. The first-order valence-electron chi connectivity index (χ1n) is 6.71. The Kier molecular flexibility index (Phi) is 5.27. The van der Waals surface area contributed by atoms with Crippen LogP contribution in [-0.2, 0) is 15.6 Å². The van der Waals surface area contributed by atoms with E-state index in [1.165, 1.54) is 6.08 Å². The molecule has 0 saturated carbocycles. The molecular formula is C15H17NO4S. The van der Waals surface area contributed by atoms with Gasteiger partial charge in [0.05, 0.1) is 0 Å². The lowest BCUT2D eigenvalue weighted by molar-refractivity contribution is -0.131. The summed E-state index contributed by atoms with van der Waals surface area (Å²) >= 11 is 0. The Morgan fingerprint density at radius 3 is 2.67 bits per heavy atom. The van der Waals surface area contributed by atoms with E-state index < -0.39 is 16.8 Å². The van der Waals surface area contributed by atoms with Crippen LogP contribution in [0.2, 0.25) is 0 Å². The average molecular weight is 307 g/mol. The minimum absolute atomic E-state index is 0.0633. The molecular weight excluding hydrogens is 290 g/mol. The molecule has 0 aromatic heterocycles. The van der Waals surface area contributed by atoms with Gasteiger partial charge in [-0.25, -0.2) is 4.79 Å². The largest absolute Gasteiger partial charge is 0.478 e. The van der Waals surface area contributed by atoms with E-state index in [-0.39, 0.29) is 11.9 Å². The lowest BCUT2D eigenvalue weighted by Crippen LogP contribution is -2.39. The molecule has 0 radical (unpaired) electrons. The van der Waals surface area contributed by atoms with Crippen LogP contribution in [-0.4, -0.2) is 38.7 Å². The molecule has 1 heterocycles. The molecule has 1 aromatic carbocycles. The van der Waals surface area contributed by atoms with E-state index in [1.54, 1.807) is 24.3 Å². The van der Waals surface area contributed by atoms with Gasteiger partial charge in [-0.05, 0) is 36.6 Å². The lowest BCUT2D eigenvalue weighted by atomic mass is 10.1. The maximum Gasteiger partial charge on any atom is 0.328 e. The Labute approximate surface area is 125 Å². The predicted molar refractivity (Wildman–Crippen MR) is 81.5 cm³/mol. The monoisotopic (exact) mass is 307 g/mol. The minimum atomic E-state index is -1.03. The Balaban J connectivity index is 2.00. The SMILES string of the molecule is O=C(O)/C=C/c1cccc(C(=O)NC2CCS(=O)CC2)c1. The molecule has 0 atom stereocenters. The molecule has 21 heavy (non-hydrogen) atoms. The number of hydrogen-bond acceptors (Lipinski definition) is 3. The standard InChI is InChI=1S/C15H17NO4S/c17-14(18)5-4-11-2-1-3-12(10-11)15(19)16-13-6-8-21(20)9-7-13/h1-5,10,13H,6-9H2,(H,16,19)(H,17,18)/b5-4+. The molecule has 1 aliphatic rings. The molecule has 1 fully saturated rings. The zero-order chi connectivity index (χ0) is 15.2. The average Bonchev–Trinajstić information content (AvgIpc) is 2.48. The number of rotatable bonds is 4. The molecule has 0 unspecified atom stereocenters. The molecule has 0 bridgehead atoms. The fraction of sp³-hybridized carbons (Fsp3) is 0.333. The van der Waals surface area contributed by atoms with Crippen molar-refractivity contribution in [2.24, 2.45) is 0 Å². The number of carbonyl (C=O) groups excluding carboxylic acids is 1. The zero-order valence-corrected chi connectivity index (χ0v) is 12.3. The van der Waals surface area contributed by atoms with E-state index in [0.29, 0.717) is 22.6 Å². The van der Waals surface area contributed by atoms with Gasteiger partial charge in [0.15, 0.2) is 0 Å². The van der Waals surface area contributed by atoms with Crippen molar-refractivity contribution in [2.75, 3.05) is 11.5 Å². The third-order valence-corrected chi connectivity index (χ3v) is 4.67. The van der Waals surface area contributed by atoms with Crippen LogP contribution in [0.1, 0.15) is 28.8 Å². The first kappa shape index (κ1) is 15.4. The van der Waals surface area contributed by atoms with E-state index in [0.717, 1.165) is 18.9 Å². The minimum Gasteiger partial charge on any atom is -0.478 e. The summed E-state index contributed by atoms with van der Waals surface area (Å²) in [6.45, 7) is 0. The van der Waals surface area contributed by atoms with Crippen molar-refractivity contribution in [3.63, 3.8) is 0 Å². The van der Waals surface area contributed by atoms with Gasteiger partial charge in [-0.1, -0.05) is 12.1 Å². The summed E-state index contributed by atoms with van der Waals surface area (Å²) in [6.07, 6.45) is 3.95. The van der Waals surface area contributed by atoms with E-state index in [1.807, 2.05) is 0 Å². The van der Waals surface area contributed by atoms with Gasteiger partial charge < -0.3 is 10.4 Å². The van der Waals surface area contributed by atoms with Gasteiger partial charge in [0.2, 0.25) is 0 Å². The highest BCUT2D eigenvalue weighted by Gasteiger charge is 2.20. The third-order valence-electron chi connectivity index (χ3n) is 3.29. The van der Waals surface area contributed by atoms with Crippen molar-refractivity contribution in [3.8, 4) is 0 Å². The first-order valence-corrected chi connectivity index (χ1v) is 8.20. The lowest BCUT2D eigenvalue weighted by Gasteiger charge is -2.22. The van der Waals surface area contributed by atoms with Crippen molar-refractivity contribution in [3.05, 3.63) is 41.5 Å². The molecule has 1 aromatic rings. The second-order valence-electron chi connectivity index (χ2n) is 4.89. The normalized spacial score (nSPS) is 22.1. The third kappa shape index (κ3) is 4.82. The van der Waals surface area contributed by atoms with Crippen LogP contribution in [0.15, 0.2) is 30.3 Å². The van der Waals surface area contributed by atoms with Crippen LogP contribution < -0.4 is 5.32 Å². The Morgan fingerprint density at radius 2 is 2.00 bits per heavy atom. The van der Waals surface area contributed by atoms with Crippen molar-refractivity contribution in [1.29, 1.82) is 0 Å². The van der Waals surface area contributed by atoms with Crippen molar-refractivity contribution in [1.82, 2.24) is 5.32 Å². The number of carboxylic acid groups (broad SMARTS) is 1. The molecule has 1 amide bonds. The highest BCUT2D eigenvalue weighted by atomic mass is 32.2. The quantitative estimate of drug-likeness (QED) is 0.824. The molecule has 1 saturated heterocycles. The van der Waals surface area contributed by atoms with Gasteiger partial charge in [-0.2, -0.15) is 0 Å². The van der Waals surface area contributed by atoms with Crippen LogP contribution in [0.3, 0.4) is 0 Å². The van der Waals surface area contributed by atoms with E-state index in [2.05, 4.69) is 5.32 Å². The summed E-state index contributed by atoms with van der Waals surface area (Å²) in [5, 5.41) is 11.5. The molecule has 5 nitrogen and oxygen atoms in total. The van der Waals surface area contributed by atoms with Gasteiger partial charge in [-0.15, -0.1) is 0 Å². The van der Waals surface area contributed by atoms with Crippen molar-refractivity contribution >= 4 is 28.8 Å². The molecule has 6 heteroatoms. The Morgan fingerprint density at radius 1 is 1.29 bits per heavy atom. The van der Waals surface area contributed by atoms with E-state index in [4.69, 9.17) is 5.11 Å². The summed E-state index contributed by atoms with van der Waals surface area (Å²) < 4.78 is 11.3. The van der Waals surface area contributed by atoms with Crippen LogP contribution >= 0.6 is 0 Å². The fourth-order valence-corrected chi connectivity index (χ4v) is 3.46. The molecule has 1 aliphatic heterocycles. The van der Waals surface area contributed by atoms with Gasteiger partial charge in [0.1, 0.15) is 0 Å². The van der Waals surface area contributed by atoms with E-state index in [9.17, 15) is 13.8 Å². The summed E-state index contributed by atoms with van der Waals surface area (Å²) in [4.78, 5) is 22.6. The second kappa shape index (κ2) is 7.17. The zero-order valence-electron chi connectivity index (χ0n) is 11.5. The highest BCUT2D eigenvalue weighted by Crippen LogP contribution is 2.12. The van der Waals surface area contributed by atoms with Crippen LogP contribution in [0.5, 0.6) is 0 Å². The summed E-state index contributed by atoms with van der Waals surface area (Å²) in [6, 6.07) is 6.85. The number of aliphatic carboxylic acids is 1. The number of nitrogens with one attached hydrogen (secondary N) is 1. The van der Waals surface area contributed by atoms with Crippen molar-refractivity contribution in [2.45, 2.75) is 18.9 Å². The highest BCUT2D eigenvalue weighted by molar-refractivity contribution is 7.85. The molecule has 0 spiro atoms. The number of carboxylic acids is 1. The van der Waals surface area contributed by atoms with Crippen LogP contribution in [0, 0.1) is 0 Å². The molecule has 2 N–H and O–H groups in total. The number of carbonyl (C=O) groups is 2. The predicted octanol–water partition coefficient (Wildman–Crippen LogP) is 1.43. The molecule has 112 valence electrons. The first-order chi connectivity index (χ1) is 10.0. The Hall–Kier alpha value is -1.95. The maximum atomic E-state index is 12.2. The van der Waals surface area contributed by atoms with Crippen LogP contribution in [0.25, 0.3) is 6.08 Å². The summed E-state index contributed by atoms with van der Waals surface area (Å²) in [7, 11) is -0.747.